The quantitative estimate of drug-likeness (QED) is 0.595. The van der Waals surface area contributed by atoms with Crippen molar-refractivity contribution in [1.29, 1.82) is 0 Å². The number of nitrogens with one attached hydrogen (secondary N) is 2. The fourth-order valence-corrected chi connectivity index (χ4v) is 2.21. The Balaban J connectivity index is 1.77. The van der Waals surface area contributed by atoms with Crippen LogP contribution in [0.5, 0.6) is 0 Å². The highest BCUT2D eigenvalue weighted by Gasteiger charge is 2.38. The van der Waals surface area contributed by atoms with Crippen LogP contribution in [0.1, 0.15) is 29.3 Å². The van der Waals surface area contributed by atoms with Crippen molar-refractivity contribution in [2.24, 2.45) is 0 Å². The summed E-state index contributed by atoms with van der Waals surface area (Å²) in [6.45, 7) is -0.0349. The van der Waals surface area contributed by atoms with Gasteiger partial charge in [-0.05, 0) is 12.0 Å². The first-order valence-corrected chi connectivity index (χ1v) is 7.70. The summed E-state index contributed by atoms with van der Waals surface area (Å²) in [5, 5.41) is 27.1. The molecule has 10 heteroatoms. The van der Waals surface area contributed by atoms with Crippen LogP contribution in [0.4, 0.5) is 18.0 Å². The molecule has 0 saturated heterocycles. The van der Waals surface area contributed by atoms with Gasteiger partial charge in [0.2, 0.25) is 0 Å². The first-order valence-electron chi connectivity index (χ1n) is 7.70. The highest BCUT2D eigenvalue weighted by molar-refractivity contribution is 5.67. The highest BCUT2D eigenvalue weighted by atomic mass is 19.4. The second-order valence-corrected chi connectivity index (χ2v) is 5.49. The van der Waals surface area contributed by atoms with Crippen LogP contribution >= 0.6 is 0 Å². The summed E-state index contributed by atoms with van der Waals surface area (Å²) in [6, 6.07) is 8.95. The maximum absolute atomic E-state index is 12.8. The molecule has 1 aromatic heterocycles. The second-order valence-electron chi connectivity index (χ2n) is 5.49. The SMILES string of the molecule is O=C(NCCC(O)C(O)c1cn[nH]c1C(F)(F)F)OCc1ccccc1. The molecule has 2 rings (SSSR count). The minimum atomic E-state index is -4.73. The number of rotatable bonds is 7. The Hall–Kier alpha value is -2.59. The third-order valence-electron chi connectivity index (χ3n) is 3.56. The molecule has 1 amide bonds. The number of halogens is 3. The number of aliphatic hydroxyl groups is 2. The topological polar surface area (TPSA) is 107 Å². The lowest BCUT2D eigenvalue weighted by Crippen LogP contribution is -2.30. The maximum atomic E-state index is 12.8. The number of amides is 1. The Labute approximate surface area is 146 Å². The van der Waals surface area contributed by atoms with Crippen LogP contribution in [0.25, 0.3) is 0 Å². The molecule has 0 radical (unpaired) electrons. The molecule has 7 nitrogen and oxygen atoms in total. The van der Waals surface area contributed by atoms with E-state index in [0.29, 0.717) is 0 Å². The van der Waals surface area contributed by atoms with E-state index >= 15 is 0 Å². The summed E-state index contributed by atoms with van der Waals surface area (Å²) in [5.74, 6) is 0. The van der Waals surface area contributed by atoms with E-state index < -0.39 is 35.7 Å². The van der Waals surface area contributed by atoms with Crippen molar-refractivity contribution < 1.29 is 32.9 Å². The van der Waals surface area contributed by atoms with Gasteiger partial charge in [-0.25, -0.2) is 4.79 Å². The van der Waals surface area contributed by atoms with Crippen LogP contribution in [0.3, 0.4) is 0 Å². The number of nitrogens with zero attached hydrogens (tertiary/aromatic N) is 1. The summed E-state index contributed by atoms with van der Waals surface area (Å²) in [7, 11) is 0. The number of aromatic nitrogens is 2. The molecule has 0 saturated carbocycles. The Bertz CT molecular complexity index is 706. The number of H-pyrrole nitrogens is 1. The number of hydrogen-bond acceptors (Lipinski definition) is 5. The average molecular weight is 373 g/mol. The van der Waals surface area contributed by atoms with Gasteiger partial charge in [-0.3, -0.25) is 5.10 Å². The third kappa shape index (κ3) is 5.46. The molecule has 1 heterocycles. The Kier molecular flexibility index (Phi) is 6.58. The van der Waals surface area contributed by atoms with E-state index in [0.717, 1.165) is 11.8 Å². The van der Waals surface area contributed by atoms with Gasteiger partial charge in [-0.2, -0.15) is 18.3 Å². The summed E-state index contributed by atoms with van der Waals surface area (Å²) >= 11 is 0. The van der Waals surface area contributed by atoms with Gasteiger partial charge < -0.3 is 20.3 Å². The van der Waals surface area contributed by atoms with Crippen molar-refractivity contribution in [3.8, 4) is 0 Å². The summed E-state index contributed by atoms with van der Waals surface area (Å²) in [6.07, 6.45) is -8.17. The van der Waals surface area contributed by atoms with Crippen LogP contribution in [0.2, 0.25) is 0 Å². The lowest BCUT2D eigenvalue weighted by Gasteiger charge is -2.18. The lowest BCUT2D eigenvalue weighted by molar-refractivity contribution is -0.143. The van der Waals surface area contributed by atoms with Crippen LogP contribution < -0.4 is 5.32 Å². The smallest absolute Gasteiger partial charge is 0.433 e. The van der Waals surface area contributed by atoms with E-state index in [2.05, 4.69) is 10.4 Å². The minimum Gasteiger partial charge on any atom is -0.445 e. The maximum Gasteiger partial charge on any atom is 0.433 e. The Morgan fingerprint density at radius 2 is 1.96 bits per heavy atom. The number of ether oxygens (including phenoxy) is 1. The fraction of sp³-hybridized carbons (Fsp3) is 0.375. The molecule has 1 aromatic carbocycles. The predicted molar refractivity (Wildman–Crippen MR) is 83.8 cm³/mol. The number of alkyl carbamates (subject to hydrolysis) is 1. The van der Waals surface area contributed by atoms with E-state index in [-0.39, 0.29) is 19.6 Å². The van der Waals surface area contributed by atoms with E-state index in [4.69, 9.17) is 4.74 Å². The number of aromatic amines is 1. The molecule has 0 aliphatic heterocycles. The van der Waals surface area contributed by atoms with Crippen molar-refractivity contribution in [2.75, 3.05) is 6.54 Å². The van der Waals surface area contributed by atoms with Crippen LogP contribution in [-0.2, 0) is 17.5 Å². The van der Waals surface area contributed by atoms with E-state index in [1.165, 1.54) is 0 Å². The molecule has 2 unspecified atom stereocenters. The molecule has 0 spiro atoms. The molecule has 0 bridgehead atoms. The zero-order valence-electron chi connectivity index (χ0n) is 13.5. The van der Waals surface area contributed by atoms with Crippen molar-refractivity contribution in [3.63, 3.8) is 0 Å². The molecular weight excluding hydrogens is 355 g/mol. The first-order chi connectivity index (χ1) is 12.3. The van der Waals surface area contributed by atoms with Crippen LogP contribution in [-0.4, -0.2) is 39.2 Å². The molecule has 142 valence electrons. The van der Waals surface area contributed by atoms with Gasteiger partial charge in [0.05, 0.1) is 12.3 Å². The van der Waals surface area contributed by atoms with E-state index in [1.54, 1.807) is 29.4 Å². The third-order valence-corrected chi connectivity index (χ3v) is 3.56. The molecule has 26 heavy (non-hydrogen) atoms. The highest BCUT2D eigenvalue weighted by Crippen LogP contribution is 2.34. The lowest BCUT2D eigenvalue weighted by atomic mass is 10.0. The Morgan fingerprint density at radius 1 is 1.27 bits per heavy atom. The van der Waals surface area contributed by atoms with E-state index in [1.807, 2.05) is 6.07 Å². The normalized spacial score (nSPS) is 13.9. The van der Waals surface area contributed by atoms with Crippen molar-refractivity contribution in [3.05, 3.63) is 53.3 Å². The standard InChI is InChI=1S/C16H18F3N3O4/c17-16(18,19)14-11(8-21-22-14)13(24)12(23)6-7-20-15(25)26-9-10-4-2-1-3-5-10/h1-5,8,12-13,23-24H,6-7,9H2,(H,20,25)(H,21,22). The monoisotopic (exact) mass is 373 g/mol. The van der Waals surface area contributed by atoms with Gasteiger partial charge in [0.1, 0.15) is 18.4 Å². The van der Waals surface area contributed by atoms with Crippen molar-refractivity contribution in [1.82, 2.24) is 15.5 Å². The molecule has 2 atom stereocenters. The number of aliphatic hydroxyl groups excluding tert-OH is 2. The first kappa shape index (κ1) is 19.7. The van der Waals surface area contributed by atoms with Gasteiger partial charge in [0, 0.05) is 12.1 Å². The number of carbonyl (C=O) groups is 1. The Morgan fingerprint density at radius 3 is 2.62 bits per heavy atom. The van der Waals surface area contributed by atoms with Gasteiger partial charge >= 0.3 is 12.3 Å². The fourth-order valence-electron chi connectivity index (χ4n) is 2.21. The molecule has 0 aliphatic rings. The van der Waals surface area contributed by atoms with Crippen molar-refractivity contribution in [2.45, 2.75) is 31.4 Å². The molecule has 0 fully saturated rings. The summed E-state index contributed by atoms with van der Waals surface area (Å²) < 4.78 is 43.2. The molecular formula is C16H18F3N3O4. The van der Waals surface area contributed by atoms with Crippen LogP contribution in [0, 0.1) is 0 Å². The minimum absolute atomic E-state index is 0.0574. The number of benzene rings is 1. The van der Waals surface area contributed by atoms with Crippen molar-refractivity contribution >= 4 is 6.09 Å². The summed E-state index contributed by atoms with van der Waals surface area (Å²) in [5.41, 5.74) is -0.992. The van der Waals surface area contributed by atoms with Gasteiger partial charge in [-0.1, -0.05) is 30.3 Å². The van der Waals surface area contributed by atoms with Crippen LogP contribution in [0.15, 0.2) is 36.5 Å². The summed E-state index contributed by atoms with van der Waals surface area (Å²) in [4.78, 5) is 11.5. The van der Waals surface area contributed by atoms with Gasteiger partial charge in [0.25, 0.3) is 0 Å². The zero-order chi connectivity index (χ0) is 19.2. The largest absolute Gasteiger partial charge is 0.445 e. The second kappa shape index (κ2) is 8.68. The number of hydrogen-bond donors (Lipinski definition) is 4. The number of alkyl halides is 3. The van der Waals surface area contributed by atoms with Gasteiger partial charge in [-0.15, -0.1) is 0 Å². The predicted octanol–water partition coefficient (Wildman–Crippen LogP) is 2.14. The molecule has 4 N–H and O–H groups in total. The molecule has 0 aliphatic carbocycles. The zero-order valence-corrected chi connectivity index (χ0v) is 13.5. The number of carbonyl (C=O) groups excluding carboxylic acids is 1. The van der Waals surface area contributed by atoms with Gasteiger partial charge in [0.15, 0.2) is 0 Å². The van der Waals surface area contributed by atoms with E-state index in [9.17, 15) is 28.2 Å². The molecule has 2 aromatic rings. The average Bonchev–Trinajstić information content (AvgIpc) is 3.10.